The van der Waals surface area contributed by atoms with Crippen LogP contribution in [0.1, 0.15) is 44.9 Å². The van der Waals surface area contributed by atoms with Gasteiger partial charge in [-0.2, -0.15) is 0 Å². The van der Waals surface area contributed by atoms with Crippen LogP contribution in [-0.4, -0.2) is 54.7 Å². The topological polar surface area (TPSA) is 81.7 Å². The summed E-state index contributed by atoms with van der Waals surface area (Å²) in [5.74, 6) is -0.788. The molecule has 0 atom stereocenters. The summed E-state index contributed by atoms with van der Waals surface area (Å²) in [6.45, 7) is 0.842. The molecule has 3 N–H and O–H groups in total. The number of carbonyl (C=O) groups excluding carboxylic acids is 1. The van der Waals surface area contributed by atoms with Gasteiger partial charge in [-0.1, -0.05) is 12.8 Å². The summed E-state index contributed by atoms with van der Waals surface area (Å²) in [6.07, 6.45) is 6.56. The third-order valence-corrected chi connectivity index (χ3v) is 5.41. The van der Waals surface area contributed by atoms with Crippen molar-refractivity contribution in [2.75, 3.05) is 27.2 Å². The van der Waals surface area contributed by atoms with Crippen molar-refractivity contribution in [3.63, 3.8) is 0 Å². The Morgan fingerprint density at radius 3 is 2.00 bits per heavy atom. The highest BCUT2D eigenvalue weighted by Crippen LogP contribution is 2.38. The van der Waals surface area contributed by atoms with Crippen molar-refractivity contribution in [3.05, 3.63) is 0 Å². The minimum Gasteiger partial charge on any atom is -0.481 e. The Bertz CT molecular complexity index is 399. The maximum atomic E-state index is 11.9. The smallest absolute Gasteiger partial charge is 0.314 e. The Morgan fingerprint density at radius 1 is 1.00 bits per heavy atom. The first-order valence-electron chi connectivity index (χ1n) is 7.83. The third-order valence-electron chi connectivity index (χ3n) is 5.41. The first-order valence-corrected chi connectivity index (χ1v) is 7.83. The van der Waals surface area contributed by atoms with E-state index in [2.05, 4.69) is 15.5 Å². The van der Waals surface area contributed by atoms with Gasteiger partial charge < -0.3 is 20.6 Å². The largest absolute Gasteiger partial charge is 0.481 e. The van der Waals surface area contributed by atoms with Gasteiger partial charge in [-0.25, -0.2) is 4.79 Å². The molecule has 0 aromatic carbocycles. The number of carboxylic acid groups (broad SMARTS) is 1. The van der Waals surface area contributed by atoms with Crippen molar-refractivity contribution in [1.82, 2.24) is 15.5 Å². The van der Waals surface area contributed by atoms with E-state index in [1.54, 1.807) is 0 Å². The molecule has 2 aliphatic rings. The van der Waals surface area contributed by atoms with Crippen LogP contribution in [0.2, 0.25) is 0 Å². The summed E-state index contributed by atoms with van der Waals surface area (Å²) in [4.78, 5) is 25.5. The molecule has 2 aliphatic carbocycles. The number of carboxylic acids is 1. The van der Waals surface area contributed by atoms with Gasteiger partial charge in [0.2, 0.25) is 0 Å². The maximum absolute atomic E-state index is 11.9. The Hall–Kier alpha value is -1.30. The summed E-state index contributed by atoms with van der Waals surface area (Å²) in [5, 5.41) is 15.0. The quantitative estimate of drug-likeness (QED) is 0.692. The number of nitrogens with one attached hydrogen (secondary N) is 2. The zero-order chi connectivity index (χ0) is 15.5. The molecule has 21 heavy (non-hydrogen) atoms. The van der Waals surface area contributed by atoms with Crippen molar-refractivity contribution in [2.45, 2.75) is 50.5 Å². The molecule has 0 aliphatic heterocycles. The molecule has 2 amide bonds. The zero-order valence-electron chi connectivity index (χ0n) is 13.1. The van der Waals surface area contributed by atoms with E-state index in [1.165, 1.54) is 6.42 Å². The SMILES string of the molecule is CN(C)C1(CNC(=O)NCC2(C(=O)O)CCCC2)CCC1. The number of urea groups is 1. The van der Waals surface area contributed by atoms with Crippen LogP contribution in [0.15, 0.2) is 0 Å². The molecule has 2 saturated carbocycles. The number of rotatable bonds is 6. The van der Waals surface area contributed by atoms with Crippen LogP contribution < -0.4 is 10.6 Å². The molecular formula is C15H27N3O3. The van der Waals surface area contributed by atoms with Crippen molar-refractivity contribution < 1.29 is 14.7 Å². The summed E-state index contributed by atoms with van der Waals surface area (Å²) in [6, 6.07) is -0.254. The lowest BCUT2D eigenvalue weighted by molar-refractivity contribution is -0.148. The average molecular weight is 297 g/mol. The lowest BCUT2D eigenvalue weighted by Gasteiger charge is -2.47. The number of hydrogen-bond donors (Lipinski definition) is 3. The normalized spacial score (nSPS) is 22.6. The molecule has 2 rings (SSSR count). The van der Waals surface area contributed by atoms with Gasteiger partial charge >= 0.3 is 12.0 Å². The van der Waals surface area contributed by atoms with E-state index in [-0.39, 0.29) is 18.1 Å². The predicted molar refractivity (Wildman–Crippen MR) is 80.2 cm³/mol. The fraction of sp³-hybridized carbons (Fsp3) is 0.867. The first kappa shape index (κ1) is 16.1. The van der Waals surface area contributed by atoms with Crippen LogP contribution in [0, 0.1) is 5.41 Å². The van der Waals surface area contributed by atoms with E-state index in [9.17, 15) is 14.7 Å². The predicted octanol–water partition coefficient (Wildman–Crippen LogP) is 1.41. The van der Waals surface area contributed by atoms with Gasteiger partial charge in [0.15, 0.2) is 0 Å². The molecule has 6 nitrogen and oxygen atoms in total. The standard InChI is InChI=1S/C15H27N3O3/c1-18(2)15(8-5-9-15)11-17-13(21)16-10-14(12(19)20)6-3-4-7-14/h3-11H2,1-2H3,(H,19,20)(H2,16,17,21). The van der Waals surface area contributed by atoms with Crippen LogP contribution in [0.25, 0.3) is 0 Å². The Balaban J connectivity index is 1.78. The lowest BCUT2D eigenvalue weighted by Crippen LogP contribution is -2.58. The second-order valence-corrected chi connectivity index (χ2v) is 6.80. The molecule has 0 aromatic heterocycles. The van der Waals surface area contributed by atoms with Crippen molar-refractivity contribution in [2.24, 2.45) is 5.41 Å². The second-order valence-electron chi connectivity index (χ2n) is 6.80. The fourth-order valence-corrected chi connectivity index (χ4v) is 3.44. The van der Waals surface area contributed by atoms with E-state index < -0.39 is 11.4 Å². The minimum absolute atomic E-state index is 0.0786. The van der Waals surface area contributed by atoms with Crippen LogP contribution in [0.3, 0.4) is 0 Å². The lowest BCUT2D eigenvalue weighted by atomic mass is 9.75. The summed E-state index contributed by atoms with van der Waals surface area (Å²) < 4.78 is 0. The van der Waals surface area contributed by atoms with Crippen LogP contribution in [0.4, 0.5) is 4.79 Å². The Kier molecular flexibility index (Phi) is 4.76. The van der Waals surface area contributed by atoms with Gasteiger partial charge in [-0.15, -0.1) is 0 Å². The fourth-order valence-electron chi connectivity index (χ4n) is 3.44. The number of carbonyl (C=O) groups is 2. The van der Waals surface area contributed by atoms with Crippen LogP contribution in [0.5, 0.6) is 0 Å². The van der Waals surface area contributed by atoms with Crippen molar-refractivity contribution in [3.8, 4) is 0 Å². The highest BCUT2D eigenvalue weighted by Gasteiger charge is 2.42. The highest BCUT2D eigenvalue weighted by atomic mass is 16.4. The Morgan fingerprint density at radius 2 is 1.57 bits per heavy atom. The van der Waals surface area contributed by atoms with Gasteiger partial charge in [0.25, 0.3) is 0 Å². The number of amides is 2. The number of hydrogen-bond acceptors (Lipinski definition) is 3. The van der Waals surface area contributed by atoms with Gasteiger partial charge in [0.1, 0.15) is 0 Å². The number of likely N-dealkylation sites (N-methyl/N-ethyl adjacent to an activating group) is 1. The van der Waals surface area contributed by atoms with Gasteiger partial charge in [-0.05, 0) is 46.2 Å². The zero-order valence-corrected chi connectivity index (χ0v) is 13.1. The highest BCUT2D eigenvalue weighted by molar-refractivity contribution is 5.78. The van der Waals surface area contributed by atoms with Crippen LogP contribution in [-0.2, 0) is 4.79 Å². The molecule has 2 fully saturated rings. The summed E-state index contributed by atoms with van der Waals surface area (Å²) in [5.41, 5.74) is -0.678. The van der Waals surface area contributed by atoms with E-state index in [1.807, 2.05) is 14.1 Å². The summed E-state index contributed by atoms with van der Waals surface area (Å²) >= 11 is 0. The molecule has 0 aromatic rings. The number of nitrogens with zero attached hydrogens (tertiary/aromatic N) is 1. The van der Waals surface area contributed by atoms with E-state index >= 15 is 0 Å². The van der Waals surface area contributed by atoms with E-state index in [0.29, 0.717) is 19.4 Å². The van der Waals surface area contributed by atoms with Gasteiger partial charge in [-0.3, -0.25) is 4.79 Å². The van der Waals surface area contributed by atoms with E-state index in [0.717, 1.165) is 25.7 Å². The molecule has 0 heterocycles. The maximum Gasteiger partial charge on any atom is 0.314 e. The molecule has 0 spiro atoms. The van der Waals surface area contributed by atoms with Crippen molar-refractivity contribution >= 4 is 12.0 Å². The Labute approximate surface area is 126 Å². The van der Waals surface area contributed by atoms with Crippen molar-refractivity contribution in [1.29, 1.82) is 0 Å². The summed E-state index contributed by atoms with van der Waals surface area (Å²) in [7, 11) is 4.08. The van der Waals surface area contributed by atoms with Gasteiger partial charge in [0.05, 0.1) is 5.41 Å². The second kappa shape index (κ2) is 6.22. The molecule has 6 heteroatoms. The molecule has 0 unspecified atom stereocenters. The molecule has 0 bridgehead atoms. The monoisotopic (exact) mass is 297 g/mol. The number of aliphatic carboxylic acids is 1. The molecule has 120 valence electrons. The van der Waals surface area contributed by atoms with Crippen LogP contribution >= 0.6 is 0 Å². The average Bonchev–Trinajstić information content (AvgIpc) is 2.84. The third kappa shape index (κ3) is 3.31. The molecule has 0 radical (unpaired) electrons. The van der Waals surface area contributed by atoms with E-state index in [4.69, 9.17) is 0 Å². The molecule has 0 saturated heterocycles. The van der Waals surface area contributed by atoms with Gasteiger partial charge in [0, 0.05) is 18.6 Å². The first-order chi connectivity index (χ1) is 9.90. The molecular weight excluding hydrogens is 270 g/mol. The minimum atomic E-state index is -0.788.